The Morgan fingerprint density at radius 1 is 1.07 bits per heavy atom. The summed E-state index contributed by atoms with van der Waals surface area (Å²) < 4.78 is 3.29. The van der Waals surface area contributed by atoms with Crippen LogP contribution >= 0.6 is 0 Å². The van der Waals surface area contributed by atoms with E-state index in [0.29, 0.717) is 17.1 Å². The average Bonchev–Trinajstić information content (AvgIpc) is 3.36. The van der Waals surface area contributed by atoms with Crippen LogP contribution in [-0.4, -0.2) is 41.6 Å². The van der Waals surface area contributed by atoms with Crippen LogP contribution in [0.2, 0.25) is 0 Å². The molecule has 140 valence electrons. The van der Waals surface area contributed by atoms with Crippen molar-refractivity contribution in [3.05, 3.63) is 66.2 Å². The highest BCUT2D eigenvalue weighted by Gasteiger charge is 2.13. The van der Waals surface area contributed by atoms with Crippen LogP contribution in [0.5, 0.6) is 0 Å². The third kappa shape index (κ3) is 3.43. The van der Waals surface area contributed by atoms with Gasteiger partial charge in [0.05, 0.1) is 23.1 Å². The molecule has 0 aliphatic rings. The number of hydrogen-bond acceptors (Lipinski definition) is 6. The Balaban J connectivity index is 1.40. The molecule has 2 aromatic heterocycles. The molecule has 2 N–H and O–H groups in total. The quantitative estimate of drug-likeness (QED) is 0.502. The van der Waals surface area contributed by atoms with E-state index in [1.807, 2.05) is 35.9 Å². The van der Waals surface area contributed by atoms with Gasteiger partial charge in [0.25, 0.3) is 5.91 Å². The Kier molecular flexibility index (Phi) is 4.50. The molecule has 2 aromatic carbocycles. The lowest BCUT2D eigenvalue weighted by molar-refractivity contribution is -0.121. The minimum atomic E-state index is -0.451. The number of carbonyl (C=O) groups is 2. The first-order valence-corrected chi connectivity index (χ1v) is 8.45. The summed E-state index contributed by atoms with van der Waals surface area (Å²) in [6.07, 6.45) is 1.46. The normalized spacial score (nSPS) is 10.8. The summed E-state index contributed by atoms with van der Waals surface area (Å²) in [6, 6.07) is 14.3. The van der Waals surface area contributed by atoms with Gasteiger partial charge < -0.3 is 4.57 Å². The van der Waals surface area contributed by atoms with Crippen LogP contribution < -0.4 is 10.9 Å². The number of nitrogens with zero attached hydrogens (tertiary/aromatic N) is 6. The zero-order valence-electron chi connectivity index (χ0n) is 14.9. The second-order valence-corrected chi connectivity index (χ2v) is 6.06. The molecule has 0 saturated carbocycles. The first kappa shape index (κ1) is 17.3. The second-order valence-electron chi connectivity index (χ2n) is 6.06. The predicted molar refractivity (Wildman–Crippen MR) is 99.2 cm³/mol. The topological polar surface area (TPSA) is 120 Å². The minimum absolute atomic E-state index is 0.0378. The molecule has 0 bridgehead atoms. The van der Waals surface area contributed by atoms with Crippen molar-refractivity contribution in [2.24, 2.45) is 7.05 Å². The van der Waals surface area contributed by atoms with E-state index in [4.69, 9.17) is 0 Å². The number of nitrogens with one attached hydrogen (secondary N) is 2. The third-order valence-corrected chi connectivity index (χ3v) is 4.24. The highest BCUT2D eigenvalue weighted by Crippen LogP contribution is 2.14. The fourth-order valence-corrected chi connectivity index (χ4v) is 2.81. The van der Waals surface area contributed by atoms with Gasteiger partial charge in [0.1, 0.15) is 12.2 Å². The summed E-state index contributed by atoms with van der Waals surface area (Å²) in [7, 11) is 1.85. The van der Waals surface area contributed by atoms with Gasteiger partial charge >= 0.3 is 0 Å². The molecule has 28 heavy (non-hydrogen) atoms. The van der Waals surface area contributed by atoms with E-state index in [2.05, 4.69) is 31.4 Å². The number of hydrogen-bond donors (Lipinski definition) is 2. The number of aryl methyl sites for hydroxylation is 1. The number of para-hydroxylation sites is 2. The van der Waals surface area contributed by atoms with Crippen LogP contribution in [0, 0.1) is 0 Å². The van der Waals surface area contributed by atoms with Crippen molar-refractivity contribution in [3.8, 4) is 5.69 Å². The van der Waals surface area contributed by atoms with E-state index in [-0.39, 0.29) is 12.3 Å². The maximum atomic E-state index is 12.3. The number of carbonyl (C=O) groups excluding carboxylic acids is 2. The smallest absolute Gasteiger partial charge is 0.269 e. The zero-order chi connectivity index (χ0) is 19.5. The molecule has 0 atom stereocenters. The van der Waals surface area contributed by atoms with Gasteiger partial charge in [-0.05, 0) is 40.8 Å². The molecule has 4 rings (SSSR count). The van der Waals surface area contributed by atoms with Crippen molar-refractivity contribution >= 4 is 22.8 Å². The molecule has 0 spiro atoms. The fourth-order valence-electron chi connectivity index (χ4n) is 2.81. The van der Waals surface area contributed by atoms with E-state index >= 15 is 0 Å². The zero-order valence-corrected chi connectivity index (χ0v) is 14.9. The van der Waals surface area contributed by atoms with Crippen molar-refractivity contribution < 1.29 is 9.59 Å². The number of fused-ring (bicyclic) bond motifs is 1. The summed E-state index contributed by atoms with van der Waals surface area (Å²) >= 11 is 0. The molecule has 10 heteroatoms. The molecule has 2 heterocycles. The van der Waals surface area contributed by atoms with E-state index in [9.17, 15) is 9.59 Å². The van der Waals surface area contributed by atoms with Gasteiger partial charge in [0.15, 0.2) is 0 Å². The van der Waals surface area contributed by atoms with Crippen LogP contribution in [0.1, 0.15) is 16.2 Å². The highest BCUT2D eigenvalue weighted by molar-refractivity contribution is 5.96. The second kappa shape index (κ2) is 7.27. The van der Waals surface area contributed by atoms with E-state index in [0.717, 1.165) is 11.0 Å². The predicted octanol–water partition coefficient (Wildman–Crippen LogP) is 0.553. The summed E-state index contributed by atoms with van der Waals surface area (Å²) in [5, 5.41) is 10.9. The Hall–Kier alpha value is -4.08. The standard InChI is InChI=1S/C18H16N8O2/c1-25-15-8-3-2-7-14(15)20-16(25)10-17(27)21-22-18(28)12-5-4-6-13(9-12)26-11-19-23-24-26/h2-9,11H,10H2,1H3,(H,21,27)(H,22,28). The molecule has 0 aliphatic heterocycles. The number of rotatable bonds is 4. The number of benzene rings is 2. The maximum Gasteiger partial charge on any atom is 0.269 e. The molecule has 0 saturated heterocycles. The number of imidazole rings is 1. The molecule has 0 radical (unpaired) electrons. The van der Waals surface area contributed by atoms with E-state index in [1.165, 1.54) is 11.0 Å². The van der Waals surface area contributed by atoms with Crippen molar-refractivity contribution in [2.75, 3.05) is 0 Å². The molecule has 0 aliphatic carbocycles. The molecule has 10 nitrogen and oxygen atoms in total. The summed E-state index contributed by atoms with van der Waals surface area (Å²) in [5.74, 6) is -0.217. The van der Waals surface area contributed by atoms with Crippen LogP contribution in [0.3, 0.4) is 0 Å². The first-order chi connectivity index (χ1) is 13.6. The lowest BCUT2D eigenvalue weighted by Crippen LogP contribution is -2.42. The summed E-state index contributed by atoms with van der Waals surface area (Å²) in [4.78, 5) is 29.0. The number of tetrazole rings is 1. The monoisotopic (exact) mass is 376 g/mol. The van der Waals surface area contributed by atoms with Crippen LogP contribution in [0.25, 0.3) is 16.7 Å². The highest BCUT2D eigenvalue weighted by atomic mass is 16.2. The molecule has 2 amide bonds. The third-order valence-electron chi connectivity index (χ3n) is 4.24. The van der Waals surface area contributed by atoms with Gasteiger partial charge in [0.2, 0.25) is 5.91 Å². The summed E-state index contributed by atoms with van der Waals surface area (Å²) in [6.45, 7) is 0. The SMILES string of the molecule is Cn1c(CC(=O)NNC(=O)c2cccc(-n3cnnn3)c2)nc2ccccc21. The van der Waals surface area contributed by atoms with Crippen molar-refractivity contribution in [1.82, 2.24) is 40.6 Å². The summed E-state index contributed by atoms with van der Waals surface area (Å²) in [5.41, 5.74) is 7.57. The Labute approximate surface area is 159 Å². The lowest BCUT2D eigenvalue weighted by Gasteiger charge is -2.08. The van der Waals surface area contributed by atoms with Gasteiger partial charge in [-0.2, -0.15) is 0 Å². The van der Waals surface area contributed by atoms with Crippen LogP contribution in [0.15, 0.2) is 54.9 Å². The Morgan fingerprint density at radius 3 is 2.71 bits per heavy atom. The van der Waals surface area contributed by atoms with E-state index < -0.39 is 5.91 Å². The van der Waals surface area contributed by atoms with Gasteiger partial charge in [0, 0.05) is 12.6 Å². The van der Waals surface area contributed by atoms with Crippen LogP contribution in [0.4, 0.5) is 0 Å². The number of aromatic nitrogens is 6. The number of amides is 2. The van der Waals surface area contributed by atoms with Gasteiger partial charge in [-0.3, -0.25) is 20.4 Å². The van der Waals surface area contributed by atoms with Crippen LogP contribution in [-0.2, 0) is 18.3 Å². The molecule has 0 fully saturated rings. The Morgan fingerprint density at radius 2 is 1.93 bits per heavy atom. The van der Waals surface area contributed by atoms with Gasteiger partial charge in [-0.1, -0.05) is 18.2 Å². The molecular formula is C18H16N8O2. The largest absolute Gasteiger partial charge is 0.331 e. The fraction of sp³-hybridized carbons (Fsp3) is 0.111. The van der Waals surface area contributed by atoms with Crippen molar-refractivity contribution in [1.29, 1.82) is 0 Å². The average molecular weight is 376 g/mol. The van der Waals surface area contributed by atoms with E-state index in [1.54, 1.807) is 24.3 Å². The number of hydrazine groups is 1. The first-order valence-electron chi connectivity index (χ1n) is 8.45. The lowest BCUT2D eigenvalue weighted by atomic mass is 10.2. The minimum Gasteiger partial charge on any atom is -0.331 e. The van der Waals surface area contributed by atoms with Crippen molar-refractivity contribution in [3.63, 3.8) is 0 Å². The van der Waals surface area contributed by atoms with Gasteiger partial charge in [-0.15, -0.1) is 5.10 Å². The molecular weight excluding hydrogens is 360 g/mol. The maximum absolute atomic E-state index is 12.3. The Bertz CT molecular complexity index is 1150. The van der Waals surface area contributed by atoms with Gasteiger partial charge in [-0.25, -0.2) is 9.67 Å². The van der Waals surface area contributed by atoms with Crippen molar-refractivity contribution in [2.45, 2.75) is 6.42 Å². The molecule has 4 aromatic rings. The molecule has 0 unspecified atom stereocenters.